The van der Waals surface area contributed by atoms with Gasteiger partial charge in [-0.05, 0) is 58.7 Å². The first-order valence-electron chi connectivity index (χ1n) is 6.03. The van der Waals surface area contributed by atoms with Crippen LogP contribution in [0.4, 0.5) is 11.5 Å². The summed E-state index contributed by atoms with van der Waals surface area (Å²) in [5.74, 6) is 0.638. The number of aryl methyl sites for hydroxylation is 1. The summed E-state index contributed by atoms with van der Waals surface area (Å²) in [5, 5.41) is 3.35. The summed E-state index contributed by atoms with van der Waals surface area (Å²) in [6.45, 7) is 0. The smallest absolute Gasteiger partial charge is 0.266 e. The SMILES string of the molecule is Nc1ccc2c(c1)CCC2Nc1nc[nH]c(=O)c1I. The Bertz CT molecular complexity index is 683. The van der Waals surface area contributed by atoms with Crippen molar-refractivity contribution in [2.24, 2.45) is 0 Å². The van der Waals surface area contributed by atoms with E-state index in [9.17, 15) is 4.79 Å². The van der Waals surface area contributed by atoms with Crippen LogP contribution in [0.2, 0.25) is 0 Å². The van der Waals surface area contributed by atoms with Gasteiger partial charge in [0.1, 0.15) is 9.39 Å². The Morgan fingerprint density at radius 2 is 2.32 bits per heavy atom. The molecule has 1 aromatic heterocycles. The normalized spacial score (nSPS) is 17.2. The first-order chi connectivity index (χ1) is 9.15. The van der Waals surface area contributed by atoms with Crippen molar-refractivity contribution in [2.45, 2.75) is 18.9 Å². The van der Waals surface area contributed by atoms with Crippen molar-refractivity contribution in [1.29, 1.82) is 0 Å². The van der Waals surface area contributed by atoms with E-state index in [-0.39, 0.29) is 11.6 Å². The second kappa shape index (κ2) is 4.84. The van der Waals surface area contributed by atoms with E-state index < -0.39 is 0 Å². The average molecular weight is 368 g/mol. The van der Waals surface area contributed by atoms with Gasteiger partial charge in [-0.1, -0.05) is 6.07 Å². The maximum absolute atomic E-state index is 11.5. The van der Waals surface area contributed by atoms with Crippen molar-refractivity contribution in [3.63, 3.8) is 0 Å². The number of nitrogens with one attached hydrogen (secondary N) is 2. The Labute approximate surface area is 123 Å². The van der Waals surface area contributed by atoms with Gasteiger partial charge in [0.25, 0.3) is 5.56 Å². The number of aromatic nitrogens is 2. The molecule has 0 spiro atoms. The van der Waals surface area contributed by atoms with E-state index >= 15 is 0 Å². The van der Waals surface area contributed by atoms with E-state index in [1.807, 2.05) is 34.7 Å². The zero-order valence-electron chi connectivity index (χ0n) is 10.1. The predicted octanol–water partition coefficient (Wildman–Crippen LogP) is 2.06. The van der Waals surface area contributed by atoms with Crippen LogP contribution in [0.25, 0.3) is 0 Å². The minimum atomic E-state index is -0.117. The third kappa shape index (κ3) is 2.32. The second-order valence-electron chi connectivity index (χ2n) is 4.59. The van der Waals surface area contributed by atoms with Crippen LogP contribution in [-0.2, 0) is 6.42 Å². The van der Waals surface area contributed by atoms with Crippen molar-refractivity contribution in [3.05, 3.63) is 49.6 Å². The Morgan fingerprint density at radius 3 is 3.16 bits per heavy atom. The lowest BCUT2D eigenvalue weighted by atomic mass is 10.1. The van der Waals surface area contributed by atoms with E-state index in [1.54, 1.807) is 0 Å². The number of nitrogen functional groups attached to an aromatic ring is 1. The third-order valence-electron chi connectivity index (χ3n) is 3.35. The number of rotatable bonds is 2. The fourth-order valence-corrected chi connectivity index (χ4v) is 2.89. The second-order valence-corrected chi connectivity index (χ2v) is 5.67. The molecule has 19 heavy (non-hydrogen) atoms. The molecule has 1 aliphatic carbocycles. The molecule has 2 aromatic rings. The first-order valence-corrected chi connectivity index (χ1v) is 7.11. The number of nitrogens with two attached hydrogens (primary N) is 1. The molecule has 1 heterocycles. The van der Waals surface area contributed by atoms with Gasteiger partial charge in [-0.2, -0.15) is 0 Å². The molecule has 0 saturated carbocycles. The Morgan fingerprint density at radius 1 is 1.47 bits per heavy atom. The van der Waals surface area contributed by atoms with Crippen molar-refractivity contribution in [1.82, 2.24) is 9.97 Å². The number of hydrogen-bond donors (Lipinski definition) is 3. The number of anilines is 2. The number of aromatic amines is 1. The molecule has 1 atom stereocenters. The lowest BCUT2D eigenvalue weighted by Crippen LogP contribution is -2.17. The third-order valence-corrected chi connectivity index (χ3v) is 4.35. The van der Waals surface area contributed by atoms with Crippen molar-refractivity contribution in [2.75, 3.05) is 11.1 Å². The minimum Gasteiger partial charge on any atom is -0.399 e. The van der Waals surface area contributed by atoms with Crippen LogP contribution < -0.4 is 16.6 Å². The van der Waals surface area contributed by atoms with Crippen LogP contribution in [0.15, 0.2) is 29.3 Å². The van der Waals surface area contributed by atoms with Crippen molar-refractivity contribution < 1.29 is 0 Å². The Hall–Kier alpha value is -1.57. The topological polar surface area (TPSA) is 83.8 Å². The van der Waals surface area contributed by atoms with Crippen LogP contribution in [0.5, 0.6) is 0 Å². The Kier molecular flexibility index (Phi) is 3.17. The van der Waals surface area contributed by atoms with Gasteiger partial charge in [-0.25, -0.2) is 4.98 Å². The fraction of sp³-hybridized carbons (Fsp3) is 0.231. The maximum atomic E-state index is 11.5. The monoisotopic (exact) mass is 368 g/mol. The van der Waals surface area contributed by atoms with Gasteiger partial charge in [-0.3, -0.25) is 4.79 Å². The van der Waals surface area contributed by atoms with Crippen LogP contribution in [0.3, 0.4) is 0 Å². The van der Waals surface area contributed by atoms with E-state index in [4.69, 9.17) is 5.73 Å². The molecular formula is C13H13IN4O. The minimum absolute atomic E-state index is 0.117. The highest BCUT2D eigenvalue weighted by Gasteiger charge is 2.23. The average Bonchev–Trinajstić information content (AvgIpc) is 2.77. The highest BCUT2D eigenvalue weighted by molar-refractivity contribution is 14.1. The zero-order chi connectivity index (χ0) is 13.4. The number of H-pyrrole nitrogens is 1. The molecule has 98 valence electrons. The van der Waals surface area contributed by atoms with E-state index in [0.717, 1.165) is 18.5 Å². The molecule has 3 rings (SSSR count). The van der Waals surface area contributed by atoms with Gasteiger partial charge in [0, 0.05) is 5.69 Å². The number of halogens is 1. The predicted molar refractivity (Wildman–Crippen MR) is 83.1 cm³/mol. The van der Waals surface area contributed by atoms with Gasteiger partial charge >= 0.3 is 0 Å². The molecule has 0 radical (unpaired) electrons. The summed E-state index contributed by atoms with van der Waals surface area (Å²) in [6, 6.07) is 6.18. The summed E-state index contributed by atoms with van der Waals surface area (Å²) in [5.41, 5.74) is 8.99. The van der Waals surface area contributed by atoms with Gasteiger partial charge in [0.2, 0.25) is 0 Å². The standard InChI is InChI=1S/C13H13IN4O/c14-11-12(16-6-17-13(11)19)18-10-4-1-7-5-8(15)2-3-9(7)10/h2-3,5-6,10H,1,4,15H2,(H2,16,17,18,19). The van der Waals surface area contributed by atoms with Gasteiger partial charge in [0.15, 0.2) is 0 Å². The molecule has 0 saturated heterocycles. The van der Waals surface area contributed by atoms with Crippen molar-refractivity contribution in [3.8, 4) is 0 Å². The lowest BCUT2D eigenvalue weighted by Gasteiger charge is -2.15. The molecule has 0 bridgehead atoms. The maximum Gasteiger partial charge on any atom is 0.266 e. The largest absolute Gasteiger partial charge is 0.399 e. The lowest BCUT2D eigenvalue weighted by molar-refractivity contribution is 0.755. The van der Waals surface area contributed by atoms with Gasteiger partial charge in [0.05, 0.1) is 12.4 Å². The van der Waals surface area contributed by atoms with Crippen LogP contribution in [0.1, 0.15) is 23.6 Å². The molecule has 0 fully saturated rings. The molecule has 5 nitrogen and oxygen atoms in total. The van der Waals surface area contributed by atoms with Gasteiger partial charge < -0.3 is 16.0 Å². The number of benzene rings is 1. The number of fused-ring (bicyclic) bond motifs is 1. The van der Waals surface area contributed by atoms with Crippen LogP contribution >= 0.6 is 22.6 Å². The molecule has 0 aliphatic heterocycles. The van der Waals surface area contributed by atoms with Gasteiger partial charge in [-0.15, -0.1) is 0 Å². The summed E-state index contributed by atoms with van der Waals surface area (Å²) < 4.78 is 0.587. The number of nitrogens with zero attached hydrogens (tertiary/aromatic N) is 1. The van der Waals surface area contributed by atoms with Crippen LogP contribution in [-0.4, -0.2) is 9.97 Å². The van der Waals surface area contributed by atoms with E-state index in [0.29, 0.717) is 9.39 Å². The summed E-state index contributed by atoms with van der Waals surface area (Å²) in [6.07, 6.45) is 3.41. The fourth-order valence-electron chi connectivity index (χ4n) is 2.44. The highest BCUT2D eigenvalue weighted by Crippen LogP contribution is 2.34. The molecule has 0 amide bonds. The number of hydrogen-bond acceptors (Lipinski definition) is 4. The van der Waals surface area contributed by atoms with Crippen molar-refractivity contribution >= 4 is 34.1 Å². The summed E-state index contributed by atoms with van der Waals surface area (Å²) >= 11 is 2.01. The Balaban J connectivity index is 1.91. The molecule has 1 unspecified atom stereocenters. The molecular weight excluding hydrogens is 355 g/mol. The molecule has 1 aliphatic rings. The summed E-state index contributed by atoms with van der Waals surface area (Å²) in [7, 11) is 0. The quantitative estimate of drug-likeness (QED) is 0.560. The highest BCUT2D eigenvalue weighted by atomic mass is 127. The van der Waals surface area contributed by atoms with E-state index in [2.05, 4.69) is 21.4 Å². The molecule has 6 heteroatoms. The zero-order valence-corrected chi connectivity index (χ0v) is 12.3. The summed E-state index contributed by atoms with van der Waals surface area (Å²) in [4.78, 5) is 18.3. The van der Waals surface area contributed by atoms with E-state index in [1.165, 1.54) is 17.5 Å². The van der Waals surface area contributed by atoms with Crippen LogP contribution in [0, 0.1) is 3.57 Å². The molecule has 1 aromatic carbocycles. The molecule has 4 N–H and O–H groups in total. The first kappa shape index (κ1) is 12.5.